The minimum absolute atomic E-state index is 0.0502. The van der Waals surface area contributed by atoms with Crippen molar-refractivity contribution in [1.82, 2.24) is 0 Å². The molecule has 0 radical (unpaired) electrons. The lowest BCUT2D eigenvalue weighted by atomic mass is 10.1. The number of benzene rings is 1. The molecule has 0 bridgehead atoms. The van der Waals surface area contributed by atoms with Gasteiger partial charge >= 0.3 is 11.9 Å². The van der Waals surface area contributed by atoms with E-state index >= 15 is 0 Å². The zero-order valence-electron chi connectivity index (χ0n) is 12.8. The molecule has 1 aromatic rings. The van der Waals surface area contributed by atoms with Crippen LogP contribution in [-0.4, -0.2) is 38.1 Å². The van der Waals surface area contributed by atoms with Gasteiger partial charge in [-0.2, -0.15) is 0 Å². The second-order valence-electron chi connectivity index (χ2n) is 5.11. The molecule has 1 aromatic carbocycles. The van der Waals surface area contributed by atoms with Gasteiger partial charge in [-0.15, -0.1) is 0 Å². The molecule has 0 saturated carbocycles. The van der Waals surface area contributed by atoms with Gasteiger partial charge in [-0.1, -0.05) is 0 Å². The van der Waals surface area contributed by atoms with Crippen LogP contribution in [0.4, 0.5) is 10.1 Å². The first-order valence-electron chi connectivity index (χ1n) is 6.79. The minimum Gasteiger partial charge on any atom is -0.469 e. The summed E-state index contributed by atoms with van der Waals surface area (Å²) >= 11 is 3.15. The minimum atomic E-state index is -0.752. The third-order valence-electron chi connectivity index (χ3n) is 3.67. The van der Waals surface area contributed by atoms with E-state index in [1.165, 1.54) is 19.1 Å². The Kier molecular flexibility index (Phi) is 5.03. The van der Waals surface area contributed by atoms with Crippen LogP contribution in [0.15, 0.2) is 10.5 Å². The van der Waals surface area contributed by atoms with Crippen LogP contribution in [0, 0.1) is 5.82 Å². The van der Waals surface area contributed by atoms with Crippen LogP contribution in [0.5, 0.6) is 0 Å². The van der Waals surface area contributed by atoms with E-state index in [-0.39, 0.29) is 21.8 Å². The number of anilines is 1. The van der Waals surface area contributed by atoms with Gasteiger partial charge in [0.1, 0.15) is 12.2 Å². The lowest BCUT2D eigenvalue weighted by molar-refractivity contribution is -0.143. The van der Waals surface area contributed by atoms with Crippen LogP contribution in [0.1, 0.15) is 29.3 Å². The average Bonchev–Trinajstić information content (AvgIpc) is 2.87. The van der Waals surface area contributed by atoms with Crippen molar-refractivity contribution in [1.29, 1.82) is 0 Å². The molecule has 1 heterocycles. The SMILES string of the molecule is COC(=O)CC(=O)N1c2c(C(=O)OC)cc(F)c(Br)c2CC1C. The Balaban J connectivity index is 2.56. The second-order valence-corrected chi connectivity index (χ2v) is 5.90. The second kappa shape index (κ2) is 6.66. The molecule has 0 aromatic heterocycles. The van der Waals surface area contributed by atoms with Gasteiger partial charge in [0.05, 0.1) is 29.9 Å². The maximum atomic E-state index is 14.0. The number of carbonyl (C=O) groups is 3. The fourth-order valence-corrected chi connectivity index (χ4v) is 3.12. The van der Waals surface area contributed by atoms with Crippen molar-refractivity contribution in [3.05, 3.63) is 27.5 Å². The Morgan fingerprint density at radius 2 is 2.00 bits per heavy atom. The molecular weight excluding hydrogens is 373 g/mol. The van der Waals surface area contributed by atoms with Gasteiger partial charge in [0.25, 0.3) is 0 Å². The van der Waals surface area contributed by atoms with Crippen molar-refractivity contribution >= 4 is 39.5 Å². The molecule has 8 heteroatoms. The topological polar surface area (TPSA) is 72.9 Å². The Morgan fingerprint density at radius 3 is 2.57 bits per heavy atom. The molecule has 1 aliphatic rings. The molecule has 6 nitrogen and oxygen atoms in total. The van der Waals surface area contributed by atoms with E-state index in [0.717, 1.165) is 6.07 Å². The smallest absolute Gasteiger partial charge is 0.340 e. The van der Waals surface area contributed by atoms with Gasteiger partial charge in [-0.3, -0.25) is 9.59 Å². The number of hydrogen-bond donors (Lipinski definition) is 0. The number of hydrogen-bond acceptors (Lipinski definition) is 5. The van der Waals surface area contributed by atoms with Crippen LogP contribution in [0.2, 0.25) is 0 Å². The maximum absolute atomic E-state index is 14.0. The first-order chi connectivity index (χ1) is 10.8. The van der Waals surface area contributed by atoms with Crippen molar-refractivity contribution in [3.63, 3.8) is 0 Å². The number of amides is 1. The van der Waals surface area contributed by atoms with E-state index in [9.17, 15) is 18.8 Å². The Bertz CT molecular complexity index is 691. The summed E-state index contributed by atoms with van der Waals surface area (Å²) in [6.07, 6.45) is -0.111. The predicted molar refractivity (Wildman–Crippen MR) is 82.7 cm³/mol. The number of carbonyl (C=O) groups excluding carboxylic acids is 3. The third kappa shape index (κ3) is 3.08. The maximum Gasteiger partial charge on any atom is 0.340 e. The number of methoxy groups -OCH3 is 2. The van der Waals surface area contributed by atoms with Gasteiger partial charge in [0.15, 0.2) is 0 Å². The van der Waals surface area contributed by atoms with Crippen molar-refractivity contribution in [2.24, 2.45) is 0 Å². The fraction of sp³-hybridized carbons (Fsp3) is 0.400. The molecule has 0 aliphatic carbocycles. The summed E-state index contributed by atoms with van der Waals surface area (Å²) in [4.78, 5) is 37.1. The molecule has 1 atom stereocenters. The first-order valence-corrected chi connectivity index (χ1v) is 7.59. The summed E-state index contributed by atoms with van der Waals surface area (Å²) in [5.41, 5.74) is 0.716. The van der Waals surface area contributed by atoms with Gasteiger partial charge < -0.3 is 14.4 Å². The lowest BCUT2D eigenvalue weighted by Crippen LogP contribution is -2.37. The molecule has 0 saturated heterocycles. The van der Waals surface area contributed by atoms with E-state index in [4.69, 9.17) is 0 Å². The highest BCUT2D eigenvalue weighted by Crippen LogP contribution is 2.41. The van der Waals surface area contributed by atoms with Crippen molar-refractivity contribution in [2.45, 2.75) is 25.8 Å². The Morgan fingerprint density at radius 1 is 1.35 bits per heavy atom. The number of esters is 2. The monoisotopic (exact) mass is 387 g/mol. The van der Waals surface area contributed by atoms with Gasteiger partial charge in [0.2, 0.25) is 5.91 Å². The molecule has 1 unspecified atom stereocenters. The highest BCUT2D eigenvalue weighted by atomic mass is 79.9. The zero-order valence-corrected chi connectivity index (χ0v) is 14.4. The zero-order chi connectivity index (χ0) is 17.3. The Labute approximate surface area is 140 Å². The number of fused-ring (bicyclic) bond motifs is 1. The molecule has 124 valence electrons. The van der Waals surface area contributed by atoms with Crippen LogP contribution in [-0.2, 0) is 25.5 Å². The molecule has 0 spiro atoms. The lowest BCUT2D eigenvalue weighted by Gasteiger charge is -2.24. The predicted octanol–water partition coefficient (Wildman–Crippen LogP) is 2.22. The molecule has 0 N–H and O–H groups in total. The highest BCUT2D eigenvalue weighted by molar-refractivity contribution is 9.10. The molecular formula is C15H15BrFNO5. The molecule has 2 rings (SSSR count). The van der Waals surface area contributed by atoms with Gasteiger partial charge in [-0.05, 0) is 40.9 Å². The quantitative estimate of drug-likeness (QED) is 0.587. The summed E-state index contributed by atoms with van der Waals surface area (Å²) in [5, 5.41) is 0. The summed E-state index contributed by atoms with van der Waals surface area (Å²) in [6, 6.07) is 0.689. The van der Waals surface area contributed by atoms with Crippen LogP contribution >= 0.6 is 15.9 Å². The average molecular weight is 388 g/mol. The van der Waals surface area contributed by atoms with E-state index in [1.807, 2.05) is 0 Å². The van der Waals surface area contributed by atoms with Crippen LogP contribution in [0.3, 0.4) is 0 Å². The van der Waals surface area contributed by atoms with E-state index in [1.54, 1.807) is 6.92 Å². The fourth-order valence-electron chi connectivity index (χ4n) is 2.65. The van der Waals surface area contributed by atoms with Gasteiger partial charge in [-0.25, -0.2) is 9.18 Å². The van der Waals surface area contributed by atoms with Crippen LogP contribution < -0.4 is 4.90 Å². The van der Waals surface area contributed by atoms with Crippen molar-refractivity contribution < 1.29 is 28.2 Å². The number of nitrogens with zero attached hydrogens (tertiary/aromatic N) is 1. The first kappa shape index (κ1) is 17.4. The van der Waals surface area contributed by atoms with Crippen LogP contribution in [0.25, 0.3) is 0 Å². The van der Waals surface area contributed by atoms with E-state index in [0.29, 0.717) is 12.0 Å². The third-order valence-corrected chi connectivity index (χ3v) is 4.52. The Hall–Kier alpha value is -1.96. The molecule has 23 heavy (non-hydrogen) atoms. The molecule has 1 amide bonds. The van der Waals surface area contributed by atoms with Crippen molar-refractivity contribution in [2.75, 3.05) is 19.1 Å². The highest BCUT2D eigenvalue weighted by Gasteiger charge is 2.38. The number of ether oxygens (including phenoxy) is 2. The number of halogens is 2. The molecule has 0 fully saturated rings. The van der Waals surface area contributed by atoms with Crippen molar-refractivity contribution in [3.8, 4) is 0 Å². The number of rotatable bonds is 3. The molecule has 1 aliphatic heterocycles. The van der Waals surface area contributed by atoms with E-state index in [2.05, 4.69) is 25.4 Å². The summed E-state index contributed by atoms with van der Waals surface area (Å²) in [7, 11) is 2.36. The summed E-state index contributed by atoms with van der Waals surface area (Å²) < 4.78 is 23.4. The summed E-state index contributed by atoms with van der Waals surface area (Å²) in [5.74, 6) is -2.57. The van der Waals surface area contributed by atoms with E-state index < -0.39 is 30.1 Å². The standard InChI is InChI=1S/C15H15BrFNO5/c1-7-4-8-13(16)10(17)5-9(15(21)23-3)14(8)18(7)11(19)6-12(20)22-2/h5,7H,4,6H2,1-3H3. The van der Waals surface area contributed by atoms with Gasteiger partial charge in [0, 0.05) is 6.04 Å². The normalized spacial score (nSPS) is 16.0. The largest absolute Gasteiger partial charge is 0.469 e. The summed E-state index contributed by atoms with van der Waals surface area (Å²) in [6.45, 7) is 1.75.